The van der Waals surface area contributed by atoms with E-state index in [2.05, 4.69) is 12.2 Å². The van der Waals surface area contributed by atoms with Crippen LogP contribution in [-0.4, -0.2) is 36.7 Å². The minimum Gasteiger partial charge on any atom is -0.375 e. The number of rotatable bonds is 3. The fraction of sp³-hybridized carbons (Fsp3) is 0.889. The molecule has 1 saturated heterocycles. The molecule has 0 radical (unpaired) electrons. The molecule has 1 heterocycles. The monoisotopic (exact) mass is 203 g/mol. The average Bonchev–Trinajstić information content (AvgIpc) is 2.09. The van der Waals surface area contributed by atoms with Crippen LogP contribution in [0.5, 0.6) is 0 Å². The van der Waals surface area contributed by atoms with E-state index in [0.717, 1.165) is 17.4 Å². The number of ether oxygens (including phenoxy) is 1. The van der Waals surface area contributed by atoms with E-state index in [0.29, 0.717) is 6.04 Å². The van der Waals surface area contributed by atoms with Gasteiger partial charge in [0.1, 0.15) is 6.61 Å². The first-order valence-electron chi connectivity index (χ1n) is 4.62. The van der Waals surface area contributed by atoms with Gasteiger partial charge in [-0.3, -0.25) is 4.79 Å². The van der Waals surface area contributed by atoms with Gasteiger partial charge in [-0.15, -0.1) is 0 Å². The molecule has 3 nitrogen and oxygen atoms in total. The quantitative estimate of drug-likeness (QED) is 0.744. The maximum Gasteiger partial charge on any atom is 0.246 e. The number of carbonyl (C=O) groups is 1. The lowest BCUT2D eigenvalue weighted by molar-refractivity contribution is -0.125. The second-order valence-corrected chi connectivity index (χ2v) is 4.89. The Bertz CT molecular complexity index is 167. The Morgan fingerprint density at radius 3 is 2.92 bits per heavy atom. The van der Waals surface area contributed by atoms with Crippen LogP contribution in [0.25, 0.3) is 0 Å². The lowest BCUT2D eigenvalue weighted by Gasteiger charge is -2.26. The van der Waals surface area contributed by atoms with Crippen molar-refractivity contribution < 1.29 is 9.53 Å². The Kier molecular flexibility index (Phi) is 4.59. The highest BCUT2D eigenvalue weighted by Crippen LogP contribution is 2.24. The summed E-state index contributed by atoms with van der Waals surface area (Å²) < 4.78 is 4.75. The molecular formula is C9H17NO2S. The molecule has 0 aliphatic carbocycles. The van der Waals surface area contributed by atoms with E-state index in [4.69, 9.17) is 4.74 Å². The summed E-state index contributed by atoms with van der Waals surface area (Å²) in [7, 11) is 1.54. The largest absolute Gasteiger partial charge is 0.375 e. The van der Waals surface area contributed by atoms with Gasteiger partial charge in [0.2, 0.25) is 5.91 Å². The predicted molar refractivity (Wildman–Crippen MR) is 55.0 cm³/mol. The molecule has 76 valence electrons. The maximum atomic E-state index is 11.1. The van der Waals surface area contributed by atoms with Crippen LogP contribution in [0.1, 0.15) is 19.8 Å². The first kappa shape index (κ1) is 10.9. The molecule has 1 aliphatic rings. The fourth-order valence-corrected chi connectivity index (χ4v) is 2.51. The van der Waals surface area contributed by atoms with Crippen LogP contribution in [0, 0.1) is 0 Å². The Balaban J connectivity index is 2.18. The summed E-state index contributed by atoms with van der Waals surface area (Å²) in [5.74, 6) is 1.04. The molecule has 0 bridgehead atoms. The van der Waals surface area contributed by atoms with Crippen molar-refractivity contribution >= 4 is 17.7 Å². The van der Waals surface area contributed by atoms with Gasteiger partial charge < -0.3 is 10.1 Å². The molecule has 0 spiro atoms. The highest BCUT2D eigenvalue weighted by molar-refractivity contribution is 7.99. The summed E-state index contributed by atoms with van der Waals surface area (Å²) in [4.78, 5) is 11.1. The Morgan fingerprint density at radius 2 is 2.38 bits per heavy atom. The van der Waals surface area contributed by atoms with E-state index < -0.39 is 0 Å². The standard InChI is InChI=1S/C9H17NO2S/c1-7-3-4-8(6-13-7)10-9(11)5-12-2/h7-8H,3-6H2,1-2H3,(H,10,11). The summed E-state index contributed by atoms with van der Waals surface area (Å²) in [5, 5.41) is 3.70. The lowest BCUT2D eigenvalue weighted by Crippen LogP contribution is -2.41. The third-order valence-electron chi connectivity index (χ3n) is 2.14. The number of nitrogens with one attached hydrogen (secondary N) is 1. The van der Waals surface area contributed by atoms with E-state index in [-0.39, 0.29) is 12.5 Å². The van der Waals surface area contributed by atoms with Crippen LogP contribution >= 0.6 is 11.8 Å². The number of hydrogen-bond acceptors (Lipinski definition) is 3. The number of amides is 1. The number of methoxy groups -OCH3 is 1. The number of hydrogen-bond donors (Lipinski definition) is 1. The van der Waals surface area contributed by atoms with Crippen molar-refractivity contribution in [3.05, 3.63) is 0 Å². The van der Waals surface area contributed by atoms with Gasteiger partial charge in [-0.1, -0.05) is 6.92 Å². The molecule has 4 heteroatoms. The van der Waals surface area contributed by atoms with Gasteiger partial charge in [-0.2, -0.15) is 11.8 Å². The Hall–Kier alpha value is -0.220. The zero-order valence-electron chi connectivity index (χ0n) is 8.21. The van der Waals surface area contributed by atoms with Crippen molar-refractivity contribution in [2.45, 2.75) is 31.1 Å². The Labute approximate surface area is 83.6 Å². The van der Waals surface area contributed by atoms with Crippen LogP contribution < -0.4 is 5.32 Å². The van der Waals surface area contributed by atoms with Crippen molar-refractivity contribution in [1.29, 1.82) is 0 Å². The zero-order chi connectivity index (χ0) is 9.68. The van der Waals surface area contributed by atoms with E-state index in [1.165, 1.54) is 13.5 Å². The van der Waals surface area contributed by atoms with Crippen molar-refractivity contribution in [2.24, 2.45) is 0 Å². The van der Waals surface area contributed by atoms with Crippen LogP contribution in [0.3, 0.4) is 0 Å². The smallest absolute Gasteiger partial charge is 0.246 e. The third-order valence-corrected chi connectivity index (χ3v) is 3.54. The third kappa shape index (κ3) is 4.00. The van der Waals surface area contributed by atoms with Crippen LogP contribution in [0.15, 0.2) is 0 Å². The summed E-state index contributed by atoms with van der Waals surface area (Å²) in [6, 6.07) is 0.351. The topological polar surface area (TPSA) is 38.3 Å². The van der Waals surface area contributed by atoms with E-state index in [1.807, 2.05) is 11.8 Å². The maximum absolute atomic E-state index is 11.1. The van der Waals surface area contributed by atoms with Gasteiger partial charge in [0.05, 0.1) is 0 Å². The minimum absolute atomic E-state index is 0.00246. The molecule has 1 fully saturated rings. The van der Waals surface area contributed by atoms with Crippen molar-refractivity contribution in [2.75, 3.05) is 19.5 Å². The number of thioether (sulfide) groups is 1. The molecular weight excluding hydrogens is 186 g/mol. The summed E-state index contributed by atoms with van der Waals surface area (Å²) in [6.07, 6.45) is 2.30. The van der Waals surface area contributed by atoms with Gasteiger partial charge in [-0.25, -0.2) is 0 Å². The van der Waals surface area contributed by atoms with Gasteiger partial charge in [0, 0.05) is 24.2 Å². The molecule has 0 saturated carbocycles. The second kappa shape index (κ2) is 5.50. The Morgan fingerprint density at radius 1 is 1.62 bits per heavy atom. The summed E-state index contributed by atoms with van der Waals surface area (Å²) >= 11 is 1.93. The summed E-state index contributed by atoms with van der Waals surface area (Å²) in [5.41, 5.74) is 0. The molecule has 1 amide bonds. The second-order valence-electron chi connectivity index (χ2n) is 3.42. The predicted octanol–water partition coefficient (Wildman–Crippen LogP) is 1.03. The summed E-state index contributed by atoms with van der Waals surface area (Å²) in [6.45, 7) is 2.41. The SMILES string of the molecule is COCC(=O)NC1CCC(C)SC1. The van der Waals surface area contributed by atoms with Crippen LogP contribution in [-0.2, 0) is 9.53 Å². The first-order chi connectivity index (χ1) is 6.22. The molecule has 0 aromatic heterocycles. The van der Waals surface area contributed by atoms with Gasteiger partial charge in [-0.05, 0) is 12.8 Å². The number of carbonyl (C=O) groups excluding carboxylic acids is 1. The molecule has 0 aromatic carbocycles. The molecule has 0 aromatic rings. The molecule has 1 aliphatic heterocycles. The molecule has 2 unspecified atom stereocenters. The zero-order valence-corrected chi connectivity index (χ0v) is 9.02. The van der Waals surface area contributed by atoms with Crippen LogP contribution in [0.2, 0.25) is 0 Å². The molecule has 1 N–H and O–H groups in total. The van der Waals surface area contributed by atoms with Gasteiger partial charge in [0.15, 0.2) is 0 Å². The van der Waals surface area contributed by atoms with Gasteiger partial charge in [0.25, 0.3) is 0 Å². The van der Waals surface area contributed by atoms with Crippen molar-refractivity contribution in [1.82, 2.24) is 5.32 Å². The highest BCUT2D eigenvalue weighted by atomic mass is 32.2. The lowest BCUT2D eigenvalue weighted by atomic mass is 10.1. The fourth-order valence-electron chi connectivity index (χ4n) is 1.40. The highest BCUT2D eigenvalue weighted by Gasteiger charge is 2.19. The van der Waals surface area contributed by atoms with Gasteiger partial charge >= 0.3 is 0 Å². The molecule has 13 heavy (non-hydrogen) atoms. The first-order valence-corrected chi connectivity index (χ1v) is 5.67. The van der Waals surface area contributed by atoms with Crippen molar-refractivity contribution in [3.63, 3.8) is 0 Å². The van der Waals surface area contributed by atoms with E-state index in [1.54, 1.807) is 0 Å². The molecule has 2 atom stereocenters. The van der Waals surface area contributed by atoms with Crippen LogP contribution in [0.4, 0.5) is 0 Å². The average molecular weight is 203 g/mol. The minimum atomic E-state index is 0.00246. The van der Waals surface area contributed by atoms with E-state index in [9.17, 15) is 4.79 Å². The van der Waals surface area contributed by atoms with Crippen molar-refractivity contribution in [3.8, 4) is 0 Å². The molecule has 1 rings (SSSR count). The van der Waals surface area contributed by atoms with E-state index >= 15 is 0 Å². The normalized spacial score (nSPS) is 28.5.